The molecule has 0 aliphatic carbocycles. The Morgan fingerprint density at radius 1 is 0.305 bits per heavy atom. The Balaban J connectivity index is 1.04. The Morgan fingerprint density at radius 2 is 0.814 bits per heavy atom. The topological polar surface area (TPSA) is 12.9 Å². The molecule has 0 spiro atoms. The zero-order valence-electron chi connectivity index (χ0n) is 32.6. The largest absolute Gasteiger partial charge is 0.256 e. The van der Waals surface area contributed by atoms with E-state index in [1.54, 1.807) is 0 Å². The van der Waals surface area contributed by atoms with Crippen LogP contribution in [0.5, 0.6) is 0 Å². The Bertz CT molecular complexity index is 3610. The molecule has 0 radical (unpaired) electrons. The second-order valence-electron chi connectivity index (χ2n) is 15.9. The molecule has 0 aliphatic rings. The molecule has 12 aromatic rings. The van der Waals surface area contributed by atoms with E-state index in [9.17, 15) is 0 Å². The average molecular weight is 748 g/mol. The van der Waals surface area contributed by atoms with E-state index in [2.05, 4.69) is 206 Å². The molecule has 1 aromatic heterocycles. The number of fused-ring (bicyclic) bond motifs is 9. The van der Waals surface area contributed by atoms with E-state index in [1.165, 1.54) is 115 Å². The molecule has 1 heteroatoms. The molecule has 59 heavy (non-hydrogen) atoms. The molecule has 12 rings (SSSR count). The lowest BCUT2D eigenvalue weighted by Gasteiger charge is -2.19. The van der Waals surface area contributed by atoms with Gasteiger partial charge in [0.15, 0.2) is 0 Å². The monoisotopic (exact) mass is 747 g/mol. The minimum absolute atomic E-state index is 1.01. The van der Waals surface area contributed by atoms with Crippen molar-refractivity contribution < 1.29 is 0 Å². The lowest BCUT2D eigenvalue weighted by molar-refractivity contribution is 1.41. The standard InChI is InChI=1S/C58H37N/c1-36-10-6-11-38-25-26-40-13-8-20-52(58(40)54(36)38)51-19-7-12-39-27-28-43-35-45(29-31-46(43)55(39)51)57-49-17-4-2-15-47(49)56(48-16-3-5-18-50(48)57)41-23-21-37(22-24-41)42-30-32-53-44(34-42)14-9-33-59-53/h2-35H,1H3. The van der Waals surface area contributed by atoms with Gasteiger partial charge in [-0.2, -0.15) is 0 Å². The van der Waals surface area contributed by atoms with Crippen molar-refractivity contribution in [1.29, 1.82) is 0 Å². The maximum absolute atomic E-state index is 4.52. The Hall–Kier alpha value is -7.61. The first kappa shape index (κ1) is 33.5. The smallest absolute Gasteiger partial charge is 0.0702 e. The van der Waals surface area contributed by atoms with E-state index in [-0.39, 0.29) is 0 Å². The molecular formula is C58H37N. The van der Waals surface area contributed by atoms with Crippen LogP contribution < -0.4 is 0 Å². The van der Waals surface area contributed by atoms with Gasteiger partial charge in [0.2, 0.25) is 0 Å². The van der Waals surface area contributed by atoms with Crippen molar-refractivity contribution >= 4 is 75.5 Å². The number of aromatic nitrogens is 1. The van der Waals surface area contributed by atoms with Gasteiger partial charge in [0.25, 0.3) is 0 Å². The summed E-state index contributed by atoms with van der Waals surface area (Å²) >= 11 is 0. The molecule has 1 nitrogen and oxygen atoms in total. The minimum Gasteiger partial charge on any atom is -0.256 e. The maximum atomic E-state index is 4.52. The Morgan fingerprint density at radius 3 is 1.51 bits per heavy atom. The molecule has 0 aliphatic heterocycles. The fourth-order valence-electron chi connectivity index (χ4n) is 9.90. The van der Waals surface area contributed by atoms with Crippen LogP contribution in [0.15, 0.2) is 206 Å². The maximum Gasteiger partial charge on any atom is 0.0702 e. The highest BCUT2D eigenvalue weighted by Crippen LogP contribution is 2.46. The van der Waals surface area contributed by atoms with Gasteiger partial charge in [-0.1, -0.05) is 176 Å². The molecule has 0 atom stereocenters. The number of hydrogen-bond acceptors (Lipinski definition) is 1. The van der Waals surface area contributed by atoms with E-state index in [0.29, 0.717) is 0 Å². The number of nitrogens with zero attached hydrogens (tertiary/aromatic N) is 1. The van der Waals surface area contributed by atoms with E-state index in [1.807, 2.05) is 12.3 Å². The van der Waals surface area contributed by atoms with Gasteiger partial charge in [0, 0.05) is 11.6 Å². The van der Waals surface area contributed by atoms with E-state index in [4.69, 9.17) is 0 Å². The van der Waals surface area contributed by atoms with Gasteiger partial charge in [-0.15, -0.1) is 0 Å². The van der Waals surface area contributed by atoms with E-state index < -0.39 is 0 Å². The van der Waals surface area contributed by atoms with E-state index >= 15 is 0 Å². The van der Waals surface area contributed by atoms with Crippen molar-refractivity contribution in [2.75, 3.05) is 0 Å². The number of rotatable bonds is 4. The van der Waals surface area contributed by atoms with Crippen LogP contribution in [0.3, 0.4) is 0 Å². The van der Waals surface area contributed by atoms with Crippen molar-refractivity contribution in [2.24, 2.45) is 0 Å². The summed E-state index contributed by atoms with van der Waals surface area (Å²) in [5.41, 5.74) is 12.2. The molecular weight excluding hydrogens is 711 g/mol. The third-order valence-electron chi connectivity index (χ3n) is 12.6. The predicted octanol–water partition coefficient (Wildman–Crippen LogP) is 16.1. The van der Waals surface area contributed by atoms with Gasteiger partial charge >= 0.3 is 0 Å². The molecule has 0 fully saturated rings. The van der Waals surface area contributed by atoms with Gasteiger partial charge < -0.3 is 0 Å². The van der Waals surface area contributed by atoms with Crippen molar-refractivity contribution in [1.82, 2.24) is 4.98 Å². The fraction of sp³-hybridized carbons (Fsp3) is 0.0172. The molecule has 0 amide bonds. The number of pyridine rings is 1. The SMILES string of the molecule is Cc1cccc2ccc3cccc(-c4cccc5ccc6cc(-c7c8ccccc8c(-c8ccc(-c9ccc%10ncccc%10c9)cc8)c8ccccc78)ccc6c45)c3c12. The van der Waals surface area contributed by atoms with Crippen molar-refractivity contribution in [2.45, 2.75) is 6.92 Å². The molecule has 274 valence electrons. The third-order valence-corrected chi connectivity index (χ3v) is 12.6. The van der Waals surface area contributed by atoms with Gasteiger partial charge in [0.05, 0.1) is 5.52 Å². The molecule has 0 saturated heterocycles. The second kappa shape index (κ2) is 13.2. The molecule has 1 heterocycles. The van der Waals surface area contributed by atoms with Gasteiger partial charge in [-0.25, -0.2) is 0 Å². The number of benzene rings is 11. The van der Waals surface area contributed by atoms with Crippen LogP contribution in [-0.2, 0) is 0 Å². The summed E-state index contributed by atoms with van der Waals surface area (Å²) in [5.74, 6) is 0. The van der Waals surface area contributed by atoms with Crippen molar-refractivity contribution in [3.63, 3.8) is 0 Å². The van der Waals surface area contributed by atoms with Crippen molar-refractivity contribution in [3.05, 3.63) is 212 Å². The number of aryl methyl sites for hydroxylation is 1. The lowest BCUT2D eigenvalue weighted by atomic mass is 9.84. The first-order valence-electron chi connectivity index (χ1n) is 20.4. The third kappa shape index (κ3) is 5.29. The summed E-state index contributed by atoms with van der Waals surface area (Å²) in [6.07, 6.45) is 1.85. The molecule has 11 aromatic carbocycles. The fourth-order valence-corrected chi connectivity index (χ4v) is 9.90. The first-order valence-corrected chi connectivity index (χ1v) is 20.4. The highest BCUT2D eigenvalue weighted by atomic mass is 14.6. The minimum atomic E-state index is 1.01. The van der Waals surface area contributed by atoms with Gasteiger partial charge in [-0.05, 0) is 146 Å². The zero-order valence-corrected chi connectivity index (χ0v) is 32.6. The van der Waals surface area contributed by atoms with Gasteiger partial charge in [0.1, 0.15) is 0 Å². The molecule has 0 N–H and O–H groups in total. The van der Waals surface area contributed by atoms with Crippen LogP contribution in [-0.4, -0.2) is 4.98 Å². The summed E-state index contributed by atoms with van der Waals surface area (Å²) in [6, 6.07) is 74.1. The van der Waals surface area contributed by atoms with Gasteiger partial charge in [-0.3, -0.25) is 4.98 Å². The number of hydrogen-bond donors (Lipinski definition) is 0. The summed E-state index contributed by atoms with van der Waals surface area (Å²) in [4.78, 5) is 4.52. The van der Waals surface area contributed by atoms with Crippen LogP contribution in [0.25, 0.3) is 120 Å². The second-order valence-corrected chi connectivity index (χ2v) is 15.9. The summed E-state index contributed by atoms with van der Waals surface area (Å²) in [6.45, 7) is 2.24. The van der Waals surface area contributed by atoms with Crippen LogP contribution in [0.1, 0.15) is 5.56 Å². The van der Waals surface area contributed by atoms with E-state index in [0.717, 1.165) is 10.9 Å². The summed E-state index contributed by atoms with van der Waals surface area (Å²) in [5, 5.41) is 16.4. The molecule has 0 bridgehead atoms. The Kier molecular flexibility index (Phi) is 7.52. The predicted molar refractivity (Wildman–Crippen MR) is 253 cm³/mol. The first-order chi connectivity index (χ1) is 29.2. The highest BCUT2D eigenvalue weighted by molar-refractivity contribution is 6.24. The normalized spacial score (nSPS) is 11.8. The molecule has 0 saturated carbocycles. The lowest BCUT2D eigenvalue weighted by Crippen LogP contribution is -1.92. The molecule has 0 unspecified atom stereocenters. The summed E-state index contributed by atoms with van der Waals surface area (Å²) in [7, 11) is 0. The van der Waals surface area contributed by atoms with Crippen LogP contribution in [0.4, 0.5) is 0 Å². The van der Waals surface area contributed by atoms with Crippen LogP contribution in [0.2, 0.25) is 0 Å². The Labute approximate surface area is 342 Å². The summed E-state index contributed by atoms with van der Waals surface area (Å²) < 4.78 is 0. The van der Waals surface area contributed by atoms with Crippen LogP contribution >= 0.6 is 0 Å². The van der Waals surface area contributed by atoms with Crippen LogP contribution in [0, 0.1) is 6.92 Å². The van der Waals surface area contributed by atoms with Crippen molar-refractivity contribution in [3.8, 4) is 44.5 Å². The quantitative estimate of drug-likeness (QED) is 0.129. The zero-order chi connectivity index (χ0) is 39.0. The average Bonchev–Trinajstić information content (AvgIpc) is 3.30. The highest BCUT2D eigenvalue weighted by Gasteiger charge is 2.19.